The van der Waals surface area contributed by atoms with Crippen LogP contribution >= 0.6 is 0 Å². The van der Waals surface area contributed by atoms with E-state index in [1.807, 2.05) is 69.3 Å². The summed E-state index contributed by atoms with van der Waals surface area (Å²) >= 11 is 0. The average molecular weight is 390 g/mol. The third kappa shape index (κ3) is 5.54. The molecule has 2 aromatic carbocycles. The Morgan fingerprint density at radius 2 is 1.79 bits per heavy atom. The lowest BCUT2D eigenvalue weighted by Gasteiger charge is -2.12. The fourth-order valence-electron chi connectivity index (χ4n) is 2.90. The maximum atomic E-state index is 12.7. The number of aromatic nitrogens is 2. The first-order valence-corrected chi connectivity index (χ1v) is 9.73. The average Bonchev–Trinajstić information content (AvgIpc) is 2.69. The van der Waals surface area contributed by atoms with Gasteiger partial charge in [0.1, 0.15) is 11.4 Å². The number of nitrogens with zero attached hydrogens (tertiary/aromatic N) is 2. The number of rotatable bonds is 7. The number of carbonyl (C=O) groups is 1. The van der Waals surface area contributed by atoms with Gasteiger partial charge in [0, 0.05) is 17.1 Å². The predicted octanol–water partition coefficient (Wildman–Crippen LogP) is 5.13. The van der Waals surface area contributed by atoms with E-state index in [0.29, 0.717) is 17.3 Å². The standard InChI is InChI=1S/C23H26N4O2/c1-5-17-8-6-7-9-20(17)26-22(28)21-14-16(4)24-23(27-21)25-18-10-12-19(13-11-18)29-15(2)3/h6-15H,5H2,1-4H3,(H,26,28)(H,24,25,27). The lowest BCUT2D eigenvalue weighted by molar-refractivity contribution is 0.102. The number of anilines is 3. The van der Waals surface area contributed by atoms with Gasteiger partial charge in [-0.15, -0.1) is 0 Å². The van der Waals surface area contributed by atoms with E-state index in [1.165, 1.54) is 0 Å². The van der Waals surface area contributed by atoms with Gasteiger partial charge in [-0.05, 0) is 69.2 Å². The van der Waals surface area contributed by atoms with Crippen molar-refractivity contribution >= 4 is 23.2 Å². The van der Waals surface area contributed by atoms with Crippen molar-refractivity contribution in [3.8, 4) is 5.75 Å². The molecule has 1 amide bonds. The molecule has 0 aliphatic heterocycles. The summed E-state index contributed by atoms with van der Waals surface area (Å²) in [5.41, 5.74) is 3.71. The molecule has 6 nitrogen and oxygen atoms in total. The molecule has 150 valence electrons. The Labute approximate surface area is 171 Å². The molecule has 0 aliphatic carbocycles. The van der Waals surface area contributed by atoms with E-state index in [1.54, 1.807) is 6.07 Å². The van der Waals surface area contributed by atoms with Gasteiger partial charge in [0.05, 0.1) is 6.10 Å². The molecule has 0 fully saturated rings. The first-order chi connectivity index (χ1) is 13.9. The molecule has 3 rings (SSSR count). The summed E-state index contributed by atoms with van der Waals surface area (Å²) in [4.78, 5) is 21.5. The quantitative estimate of drug-likeness (QED) is 0.585. The van der Waals surface area contributed by atoms with Crippen molar-refractivity contribution in [2.24, 2.45) is 0 Å². The van der Waals surface area contributed by atoms with Crippen molar-refractivity contribution in [3.63, 3.8) is 0 Å². The number of benzene rings is 2. The Hall–Kier alpha value is -3.41. The Morgan fingerprint density at radius 1 is 1.07 bits per heavy atom. The van der Waals surface area contributed by atoms with E-state index in [9.17, 15) is 4.79 Å². The molecule has 0 aliphatic rings. The molecular weight excluding hydrogens is 364 g/mol. The van der Waals surface area contributed by atoms with E-state index in [2.05, 4.69) is 27.5 Å². The molecule has 0 unspecified atom stereocenters. The van der Waals surface area contributed by atoms with Gasteiger partial charge in [0.25, 0.3) is 5.91 Å². The molecule has 6 heteroatoms. The highest BCUT2D eigenvalue weighted by Crippen LogP contribution is 2.20. The fourth-order valence-corrected chi connectivity index (χ4v) is 2.90. The van der Waals surface area contributed by atoms with Crippen LogP contribution in [0.25, 0.3) is 0 Å². The number of aryl methyl sites for hydroxylation is 2. The Kier molecular flexibility index (Phi) is 6.44. The minimum atomic E-state index is -0.264. The van der Waals surface area contributed by atoms with E-state index < -0.39 is 0 Å². The zero-order valence-corrected chi connectivity index (χ0v) is 17.2. The maximum absolute atomic E-state index is 12.7. The van der Waals surface area contributed by atoms with E-state index in [4.69, 9.17) is 4.74 Å². The summed E-state index contributed by atoms with van der Waals surface area (Å²) in [6, 6.07) is 17.0. The third-order valence-corrected chi connectivity index (χ3v) is 4.22. The normalized spacial score (nSPS) is 10.7. The molecule has 0 atom stereocenters. The summed E-state index contributed by atoms with van der Waals surface area (Å²) < 4.78 is 5.65. The second-order valence-corrected chi connectivity index (χ2v) is 7.00. The van der Waals surface area contributed by atoms with Crippen molar-refractivity contribution in [3.05, 3.63) is 71.5 Å². The molecule has 2 N–H and O–H groups in total. The second-order valence-electron chi connectivity index (χ2n) is 7.00. The van der Waals surface area contributed by atoms with Gasteiger partial charge in [-0.3, -0.25) is 4.79 Å². The molecular formula is C23H26N4O2. The highest BCUT2D eigenvalue weighted by molar-refractivity contribution is 6.03. The van der Waals surface area contributed by atoms with Gasteiger partial charge in [-0.2, -0.15) is 0 Å². The highest BCUT2D eigenvalue weighted by Gasteiger charge is 2.13. The maximum Gasteiger partial charge on any atom is 0.274 e. The molecule has 0 saturated heterocycles. The smallest absolute Gasteiger partial charge is 0.274 e. The van der Waals surface area contributed by atoms with Crippen LogP contribution in [0.4, 0.5) is 17.3 Å². The number of hydrogen-bond donors (Lipinski definition) is 2. The Balaban J connectivity index is 1.76. The lowest BCUT2D eigenvalue weighted by atomic mass is 10.1. The molecule has 0 radical (unpaired) electrons. The van der Waals surface area contributed by atoms with Crippen LogP contribution in [-0.4, -0.2) is 22.0 Å². The van der Waals surface area contributed by atoms with Crippen LogP contribution < -0.4 is 15.4 Å². The van der Waals surface area contributed by atoms with E-state index in [0.717, 1.165) is 29.1 Å². The van der Waals surface area contributed by atoms with Crippen molar-refractivity contribution in [2.45, 2.75) is 40.2 Å². The molecule has 0 spiro atoms. The summed E-state index contributed by atoms with van der Waals surface area (Å²) in [7, 11) is 0. The summed E-state index contributed by atoms with van der Waals surface area (Å²) in [6.45, 7) is 7.86. The van der Waals surface area contributed by atoms with Crippen LogP contribution in [0.5, 0.6) is 5.75 Å². The molecule has 29 heavy (non-hydrogen) atoms. The Morgan fingerprint density at radius 3 is 2.48 bits per heavy atom. The minimum Gasteiger partial charge on any atom is -0.491 e. The molecule has 3 aromatic rings. The first kappa shape index (κ1) is 20.3. The summed E-state index contributed by atoms with van der Waals surface area (Å²) in [5.74, 6) is 0.905. The van der Waals surface area contributed by atoms with Crippen LogP contribution in [0.3, 0.4) is 0 Å². The summed E-state index contributed by atoms with van der Waals surface area (Å²) in [6.07, 6.45) is 0.954. The van der Waals surface area contributed by atoms with Crippen molar-refractivity contribution in [1.29, 1.82) is 0 Å². The van der Waals surface area contributed by atoms with Gasteiger partial charge in [0.2, 0.25) is 5.95 Å². The second kappa shape index (κ2) is 9.19. The lowest BCUT2D eigenvalue weighted by Crippen LogP contribution is -2.16. The predicted molar refractivity (Wildman–Crippen MR) is 116 cm³/mol. The monoisotopic (exact) mass is 390 g/mol. The zero-order chi connectivity index (χ0) is 20.8. The van der Waals surface area contributed by atoms with Gasteiger partial charge in [-0.1, -0.05) is 25.1 Å². The van der Waals surface area contributed by atoms with Crippen LogP contribution in [0, 0.1) is 6.92 Å². The van der Waals surface area contributed by atoms with Crippen molar-refractivity contribution in [1.82, 2.24) is 9.97 Å². The van der Waals surface area contributed by atoms with Gasteiger partial charge in [0.15, 0.2) is 0 Å². The van der Waals surface area contributed by atoms with E-state index in [-0.39, 0.29) is 12.0 Å². The third-order valence-electron chi connectivity index (χ3n) is 4.22. The SMILES string of the molecule is CCc1ccccc1NC(=O)c1cc(C)nc(Nc2ccc(OC(C)C)cc2)n1. The molecule has 0 saturated carbocycles. The van der Waals surface area contributed by atoms with Crippen LogP contribution in [0.15, 0.2) is 54.6 Å². The topological polar surface area (TPSA) is 76.1 Å². The van der Waals surface area contributed by atoms with Gasteiger partial charge >= 0.3 is 0 Å². The zero-order valence-electron chi connectivity index (χ0n) is 17.2. The summed E-state index contributed by atoms with van der Waals surface area (Å²) in [5, 5.41) is 6.10. The number of hydrogen-bond acceptors (Lipinski definition) is 5. The number of nitrogens with one attached hydrogen (secondary N) is 2. The van der Waals surface area contributed by atoms with E-state index >= 15 is 0 Å². The largest absolute Gasteiger partial charge is 0.491 e. The number of para-hydroxylation sites is 1. The molecule has 1 aromatic heterocycles. The van der Waals surface area contributed by atoms with Crippen molar-refractivity contribution in [2.75, 3.05) is 10.6 Å². The molecule has 0 bridgehead atoms. The van der Waals surface area contributed by atoms with Crippen LogP contribution in [-0.2, 0) is 6.42 Å². The van der Waals surface area contributed by atoms with Gasteiger partial charge in [-0.25, -0.2) is 9.97 Å². The minimum absolute atomic E-state index is 0.118. The number of ether oxygens (including phenoxy) is 1. The van der Waals surface area contributed by atoms with Gasteiger partial charge < -0.3 is 15.4 Å². The van der Waals surface area contributed by atoms with Crippen LogP contribution in [0.2, 0.25) is 0 Å². The number of carbonyl (C=O) groups excluding carboxylic acids is 1. The van der Waals surface area contributed by atoms with Crippen molar-refractivity contribution < 1.29 is 9.53 Å². The number of amides is 1. The highest BCUT2D eigenvalue weighted by atomic mass is 16.5. The Bertz CT molecular complexity index is 984. The first-order valence-electron chi connectivity index (χ1n) is 9.73. The molecule has 1 heterocycles. The van der Waals surface area contributed by atoms with Crippen LogP contribution in [0.1, 0.15) is 42.5 Å². The fraction of sp³-hybridized carbons (Fsp3) is 0.261.